The highest BCUT2D eigenvalue weighted by molar-refractivity contribution is 7.92. The number of hydrogen-bond donors (Lipinski definition) is 1. The topological polar surface area (TPSA) is 107 Å². The first kappa shape index (κ1) is 19.9. The third kappa shape index (κ3) is 3.88. The molecule has 0 radical (unpaired) electrons. The van der Waals surface area contributed by atoms with E-state index < -0.39 is 20.0 Å². The number of sulfonamides is 2. The van der Waals surface area contributed by atoms with E-state index in [4.69, 9.17) is 5.26 Å². The van der Waals surface area contributed by atoms with E-state index >= 15 is 0 Å². The van der Waals surface area contributed by atoms with Gasteiger partial charge < -0.3 is 0 Å². The zero-order chi connectivity index (χ0) is 19.7. The summed E-state index contributed by atoms with van der Waals surface area (Å²) in [7, 11) is -4.82. The number of rotatable bonds is 5. The number of nitrogens with zero attached hydrogens (tertiary/aromatic N) is 2. The minimum absolute atomic E-state index is 0.00290. The molecule has 0 aliphatic heterocycles. The van der Waals surface area contributed by atoms with Crippen LogP contribution in [-0.2, 0) is 20.0 Å². The summed E-state index contributed by atoms with van der Waals surface area (Å²) in [5.74, 6) is 0. The highest BCUT2D eigenvalue weighted by Crippen LogP contribution is 2.27. The molecule has 2 rings (SSSR count). The van der Waals surface area contributed by atoms with Crippen molar-refractivity contribution in [3.05, 3.63) is 53.1 Å². The zero-order valence-corrected chi connectivity index (χ0v) is 16.4. The summed E-state index contributed by atoms with van der Waals surface area (Å²) in [6, 6.07) is 10.2. The van der Waals surface area contributed by atoms with E-state index in [1.165, 1.54) is 50.5 Å². The average Bonchev–Trinajstić information content (AvgIpc) is 2.58. The van der Waals surface area contributed by atoms with Gasteiger partial charge in [-0.05, 0) is 61.4 Å². The Labute approximate surface area is 154 Å². The lowest BCUT2D eigenvalue weighted by molar-refractivity contribution is 0.520. The summed E-state index contributed by atoms with van der Waals surface area (Å²) in [5, 5.41) is 8.81. The van der Waals surface area contributed by atoms with Gasteiger partial charge in [0.15, 0.2) is 0 Å². The summed E-state index contributed by atoms with van der Waals surface area (Å²) in [6.45, 7) is 3.42. The third-order valence-electron chi connectivity index (χ3n) is 3.96. The Kier molecular flexibility index (Phi) is 5.41. The van der Waals surface area contributed by atoms with Crippen molar-refractivity contribution in [2.24, 2.45) is 0 Å². The Balaban J connectivity index is 2.51. The summed E-state index contributed by atoms with van der Waals surface area (Å²) >= 11 is 0. The highest BCUT2D eigenvalue weighted by Gasteiger charge is 2.22. The molecule has 0 unspecified atom stereocenters. The van der Waals surface area contributed by atoms with Crippen LogP contribution in [0.15, 0.2) is 46.2 Å². The summed E-state index contributed by atoms with van der Waals surface area (Å²) in [6.07, 6.45) is 0. The van der Waals surface area contributed by atoms with Gasteiger partial charge in [0.2, 0.25) is 10.0 Å². The Hall–Kier alpha value is -2.41. The van der Waals surface area contributed by atoms with Crippen molar-refractivity contribution >= 4 is 25.7 Å². The molecule has 0 atom stereocenters. The van der Waals surface area contributed by atoms with E-state index in [1.54, 1.807) is 13.8 Å². The maximum absolute atomic E-state index is 12.6. The van der Waals surface area contributed by atoms with Gasteiger partial charge in [-0.2, -0.15) is 5.26 Å². The summed E-state index contributed by atoms with van der Waals surface area (Å²) in [5.41, 5.74) is 1.80. The number of aryl methyl sites for hydroxylation is 1. The molecule has 0 aliphatic rings. The number of nitrogens with one attached hydrogen (secondary N) is 1. The average molecular weight is 393 g/mol. The van der Waals surface area contributed by atoms with Gasteiger partial charge in [-0.3, -0.25) is 4.72 Å². The van der Waals surface area contributed by atoms with Gasteiger partial charge in [0.05, 0.1) is 27.1 Å². The van der Waals surface area contributed by atoms with Crippen LogP contribution in [0.5, 0.6) is 0 Å². The number of benzene rings is 2. The largest absolute Gasteiger partial charge is 0.279 e. The normalized spacial score (nSPS) is 12.0. The maximum Gasteiger partial charge on any atom is 0.261 e. The molecular weight excluding hydrogens is 374 g/mol. The molecule has 9 heteroatoms. The molecule has 0 bridgehead atoms. The molecule has 0 heterocycles. The second-order valence-corrected chi connectivity index (χ2v) is 9.78. The Morgan fingerprint density at radius 2 is 1.54 bits per heavy atom. The van der Waals surface area contributed by atoms with Crippen LogP contribution in [0.4, 0.5) is 5.69 Å². The van der Waals surface area contributed by atoms with Crippen molar-refractivity contribution in [1.29, 1.82) is 5.26 Å². The third-order valence-corrected chi connectivity index (χ3v) is 7.13. The smallest absolute Gasteiger partial charge is 0.261 e. The molecule has 2 aromatic carbocycles. The first-order chi connectivity index (χ1) is 12.0. The second-order valence-electron chi connectivity index (χ2n) is 5.94. The standard InChI is InChI=1S/C17H19N3O4S2/c1-12-9-16(26(23,24)20(3)4)10-17(13(12)2)19-25(21,22)15-7-5-14(11-18)6-8-15/h5-10,19H,1-4H3. The molecule has 26 heavy (non-hydrogen) atoms. The first-order valence-electron chi connectivity index (χ1n) is 7.56. The van der Waals surface area contributed by atoms with Crippen molar-refractivity contribution in [2.75, 3.05) is 18.8 Å². The van der Waals surface area contributed by atoms with Gasteiger partial charge in [0.25, 0.3) is 10.0 Å². The fraction of sp³-hybridized carbons (Fsp3) is 0.235. The fourth-order valence-electron chi connectivity index (χ4n) is 2.20. The molecule has 0 amide bonds. The number of nitriles is 1. The number of hydrogen-bond acceptors (Lipinski definition) is 5. The Bertz CT molecular complexity index is 1080. The van der Waals surface area contributed by atoms with Crippen molar-refractivity contribution in [3.63, 3.8) is 0 Å². The summed E-state index contributed by atoms with van der Waals surface area (Å²) in [4.78, 5) is -0.0162. The molecule has 2 aromatic rings. The first-order valence-corrected chi connectivity index (χ1v) is 10.5. The van der Waals surface area contributed by atoms with Crippen LogP contribution in [-0.4, -0.2) is 35.2 Å². The Morgan fingerprint density at radius 3 is 2.04 bits per heavy atom. The van der Waals surface area contributed by atoms with Crippen molar-refractivity contribution < 1.29 is 16.8 Å². The van der Waals surface area contributed by atoms with Crippen LogP contribution >= 0.6 is 0 Å². The molecule has 0 saturated carbocycles. The minimum atomic E-state index is -3.93. The van der Waals surface area contributed by atoms with Gasteiger partial charge in [-0.15, -0.1) is 0 Å². The van der Waals surface area contributed by atoms with Crippen LogP contribution in [0.1, 0.15) is 16.7 Å². The molecule has 0 aromatic heterocycles. The van der Waals surface area contributed by atoms with Crippen molar-refractivity contribution in [3.8, 4) is 6.07 Å². The minimum Gasteiger partial charge on any atom is -0.279 e. The van der Waals surface area contributed by atoms with Gasteiger partial charge in [0.1, 0.15) is 0 Å². The fourth-order valence-corrected chi connectivity index (χ4v) is 4.33. The molecule has 0 aliphatic carbocycles. The van der Waals surface area contributed by atoms with E-state index in [0.717, 1.165) is 4.31 Å². The molecule has 7 nitrogen and oxygen atoms in total. The van der Waals surface area contributed by atoms with E-state index in [9.17, 15) is 16.8 Å². The lowest BCUT2D eigenvalue weighted by Gasteiger charge is -2.17. The zero-order valence-electron chi connectivity index (χ0n) is 14.8. The predicted molar refractivity (Wildman–Crippen MR) is 98.8 cm³/mol. The molecule has 138 valence electrons. The lowest BCUT2D eigenvalue weighted by Crippen LogP contribution is -2.23. The van der Waals surface area contributed by atoms with Crippen molar-refractivity contribution in [2.45, 2.75) is 23.6 Å². The van der Waals surface area contributed by atoms with E-state index in [1.807, 2.05) is 6.07 Å². The van der Waals surface area contributed by atoms with Crippen LogP contribution in [0.3, 0.4) is 0 Å². The quantitative estimate of drug-likeness (QED) is 0.838. The van der Waals surface area contributed by atoms with Crippen molar-refractivity contribution in [1.82, 2.24) is 4.31 Å². The summed E-state index contributed by atoms with van der Waals surface area (Å²) < 4.78 is 53.5. The SMILES string of the molecule is Cc1cc(S(=O)(=O)N(C)C)cc(NS(=O)(=O)c2ccc(C#N)cc2)c1C. The van der Waals surface area contributed by atoms with Crippen LogP contribution in [0.25, 0.3) is 0 Å². The highest BCUT2D eigenvalue weighted by atomic mass is 32.2. The van der Waals surface area contributed by atoms with Crippen LogP contribution < -0.4 is 4.72 Å². The van der Waals surface area contributed by atoms with Crippen LogP contribution in [0, 0.1) is 25.2 Å². The Morgan fingerprint density at radius 1 is 0.962 bits per heavy atom. The predicted octanol–water partition coefficient (Wildman–Crippen LogP) is 2.23. The van der Waals surface area contributed by atoms with Gasteiger partial charge in [-0.1, -0.05) is 0 Å². The van der Waals surface area contributed by atoms with E-state index in [0.29, 0.717) is 16.7 Å². The lowest BCUT2D eigenvalue weighted by atomic mass is 10.1. The van der Waals surface area contributed by atoms with Gasteiger partial charge >= 0.3 is 0 Å². The van der Waals surface area contributed by atoms with Gasteiger partial charge in [0, 0.05) is 14.1 Å². The van der Waals surface area contributed by atoms with Gasteiger partial charge in [-0.25, -0.2) is 21.1 Å². The molecule has 0 fully saturated rings. The molecule has 1 N–H and O–H groups in total. The van der Waals surface area contributed by atoms with Crippen LogP contribution in [0.2, 0.25) is 0 Å². The number of anilines is 1. The van der Waals surface area contributed by atoms with E-state index in [2.05, 4.69) is 4.72 Å². The second kappa shape index (κ2) is 7.07. The molecule has 0 spiro atoms. The monoisotopic (exact) mass is 393 g/mol. The maximum atomic E-state index is 12.6. The van der Waals surface area contributed by atoms with E-state index in [-0.39, 0.29) is 15.5 Å². The molecular formula is C17H19N3O4S2. The molecule has 0 saturated heterocycles.